The summed E-state index contributed by atoms with van der Waals surface area (Å²) in [5.41, 5.74) is -0.0820. The summed E-state index contributed by atoms with van der Waals surface area (Å²) in [7, 11) is 1.96. The molecule has 2 N–H and O–H groups in total. The van der Waals surface area contributed by atoms with E-state index in [-0.39, 0.29) is 12.1 Å². The Labute approximate surface area is 120 Å². The Morgan fingerprint density at radius 3 is 1.95 bits per heavy atom. The maximum absolute atomic E-state index is 9.56. The second-order valence-electron chi connectivity index (χ2n) is 6.69. The third-order valence-electron chi connectivity index (χ3n) is 3.89. The van der Waals surface area contributed by atoms with Crippen LogP contribution in [0.1, 0.15) is 53.9 Å². The smallest absolute Gasteiger partial charge is 0.0613 e. The van der Waals surface area contributed by atoms with Crippen molar-refractivity contribution in [1.82, 2.24) is 10.2 Å². The van der Waals surface area contributed by atoms with Crippen LogP contribution in [0.25, 0.3) is 0 Å². The van der Waals surface area contributed by atoms with E-state index in [1.54, 1.807) is 0 Å². The summed E-state index contributed by atoms with van der Waals surface area (Å²) in [6, 6.07) is 0. The van der Waals surface area contributed by atoms with Gasteiger partial charge in [-0.05, 0) is 44.7 Å². The van der Waals surface area contributed by atoms with Gasteiger partial charge in [0, 0.05) is 18.6 Å². The molecule has 0 aromatic carbocycles. The maximum Gasteiger partial charge on any atom is 0.0613 e. The van der Waals surface area contributed by atoms with Gasteiger partial charge < -0.3 is 15.3 Å². The van der Waals surface area contributed by atoms with Crippen molar-refractivity contribution >= 4 is 0 Å². The quantitative estimate of drug-likeness (QED) is 0.607. The second kappa shape index (κ2) is 9.73. The summed E-state index contributed by atoms with van der Waals surface area (Å²) in [5.74, 6) is 1.44. The van der Waals surface area contributed by atoms with Crippen LogP contribution in [0.2, 0.25) is 0 Å². The van der Waals surface area contributed by atoms with Crippen molar-refractivity contribution in [3.8, 4) is 0 Å². The van der Waals surface area contributed by atoms with Crippen molar-refractivity contribution in [1.29, 1.82) is 0 Å². The molecule has 0 aliphatic carbocycles. The predicted octanol–water partition coefficient (Wildman–Crippen LogP) is 2.74. The zero-order valence-electron chi connectivity index (χ0n) is 14.0. The molecule has 0 aromatic heterocycles. The molecule has 0 saturated heterocycles. The van der Waals surface area contributed by atoms with E-state index in [1.165, 1.54) is 13.1 Å². The first-order valence-corrected chi connectivity index (χ1v) is 7.91. The van der Waals surface area contributed by atoms with Crippen molar-refractivity contribution in [2.45, 2.75) is 59.4 Å². The van der Waals surface area contributed by atoms with Gasteiger partial charge in [0.05, 0.1) is 6.61 Å². The predicted molar refractivity (Wildman–Crippen MR) is 84.5 cm³/mol. The number of hydrogen-bond acceptors (Lipinski definition) is 3. The summed E-state index contributed by atoms with van der Waals surface area (Å²) >= 11 is 0. The molecule has 0 amide bonds. The molecule has 0 aliphatic heterocycles. The van der Waals surface area contributed by atoms with Crippen molar-refractivity contribution in [3.63, 3.8) is 0 Å². The van der Waals surface area contributed by atoms with Gasteiger partial charge in [-0.25, -0.2) is 0 Å². The van der Waals surface area contributed by atoms with E-state index in [0.29, 0.717) is 0 Å². The average Bonchev–Trinajstić information content (AvgIpc) is 2.33. The third kappa shape index (κ3) is 7.91. The largest absolute Gasteiger partial charge is 0.394 e. The summed E-state index contributed by atoms with van der Waals surface area (Å²) < 4.78 is 0. The SMILES string of the molecule is CCC(CO)(CCCN(CC(C)C)CC(C)C)NC. The fourth-order valence-electron chi connectivity index (χ4n) is 2.68. The standard InChI is InChI=1S/C16H36N2O/c1-7-16(13-19,17-6)9-8-10-18(11-14(2)3)12-15(4)5/h14-15,17,19H,7-13H2,1-6H3. The molecule has 1 unspecified atom stereocenters. The lowest BCUT2D eigenvalue weighted by atomic mass is 9.91. The minimum atomic E-state index is -0.0820. The van der Waals surface area contributed by atoms with E-state index < -0.39 is 0 Å². The van der Waals surface area contributed by atoms with Crippen LogP contribution in [0.15, 0.2) is 0 Å². The second-order valence-corrected chi connectivity index (χ2v) is 6.69. The van der Waals surface area contributed by atoms with Gasteiger partial charge in [0.25, 0.3) is 0 Å². The Kier molecular flexibility index (Phi) is 9.67. The minimum Gasteiger partial charge on any atom is -0.394 e. The number of nitrogens with one attached hydrogen (secondary N) is 1. The molecule has 3 nitrogen and oxygen atoms in total. The molecular weight excluding hydrogens is 236 g/mol. The van der Waals surface area contributed by atoms with E-state index in [1.807, 2.05) is 7.05 Å². The number of aliphatic hydroxyl groups excluding tert-OH is 1. The van der Waals surface area contributed by atoms with Gasteiger partial charge in [-0.2, -0.15) is 0 Å². The first-order chi connectivity index (χ1) is 8.89. The molecule has 0 radical (unpaired) electrons. The van der Waals surface area contributed by atoms with Crippen LogP contribution in [0.3, 0.4) is 0 Å². The van der Waals surface area contributed by atoms with Crippen LogP contribution in [0.4, 0.5) is 0 Å². The monoisotopic (exact) mass is 272 g/mol. The Morgan fingerprint density at radius 2 is 1.63 bits per heavy atom. The molecule has 0 saturated carbocycles. The lowest BCUT2D eigenvalue weighted by molar-refractivity contribution is 0.141. The molecule has 0 spiro atoms. The molecule has 3 heteroatoms. The first-order valence-electron chi connectivity index (χ1n) is 7.91. The van der Waals surface area contributed by atoms with Gasteiger partial charge in [0.15, 0.2) is 0 Å². The van der Waals surface area contributed by atoms with Crippen LogP contribution in [-0.2, 0) is 0 Å². The highest BCUT2D eigenvalue weighted by Crippen LogP contribution is 2.17. The van der Waals surface area contributed by atoms with Gasteiger partial charge in [-0.15, -0.1) is 0 Å². The number of aliphatic hydroxyl groups is 1. The molecule has 116 valence electrons. The average molecular weight is 272 g/mol. The minimum absolute atomic E-state index is 0.0820. The van der Waals surface area contributed by atoms with Crippen LogP contribution >= 0.6 is 0 Å². The summed E-state index contributed by atoms with van der Waals surface area (Å²) in [6.07, 6.45) is 3.17. The zero-order chi connectivity index (χ0) is 14.9. The van der Waals surface area contributed by atoms with Crippen molar-refractivity contribution in [2.75, 3.05) is 33.3 Å². The highest BCUT2D eigenvalue weighted by Gasteiger charge is 2.24. The first kappa shape index (κ1) is 18.9. The van der Waals surface area contributed by atoms with E-state index in [4.69, 9.17) is 0 Å². The summed E-state index contributed by atoms with van der Waals surface area (Å²) in [6.45, 7) is 15.0. The molecule has 0 aliphatic rings. The van der Waals surface area contributed by atoms with Gasteiger partial charge in [-0.1, -0.05) is 34.6 Å². The maximum atomic E-state index is 9.56. The molecule has 0 fully saturated rings. The van der Waals surface area contributed by atoms with Gasteiger partial charge >= 0.3 is 0 Å². The fourth-order valence-corrected chi connectivity index (χ4v) is 2.68. The van der Waals surface area contributed by atoms with E-state index >= 15 is 0 Å². The van der Waals surface area contributed by atoms with E-state index in [2.05, 4.69) is 44.8 Å². The molecular formula is C16H36N2O. The molecule has 0 heterocycles. The van der Waals surface area contributed by atoms with Crippen LogP contribution in [-0.4, -0.2) is 48.8 Å². The van der Waals surface area contributed by atoms with Gasteiger partial charge in [0.2, 0.25) is 0 Å². The number of hydrogen-bond donors (Lipinski definition) is 2. The van der Waals surface area contributed by atoms with Crippen molar-refractivity contribution < 1.29 is 5.11 Å². The highest BCUT2D eigenvalue weighted by atomic mass is 16.3. The Morgan fingerprint density at radius 1 is 1.11 bits per heavy atom. The van der Waals surface area contributed by atoms with Gasteiger partial charge in [-0.3, -0.25) is 0 Å². The highest BCUT2D eigenvalue weighted by molar-refractivity contribution is 4.84. The van der Waals surface area contributed by atoms with E-state index in [0.717, 1.165) is 37.6 Å². The lowest BCUT2D eigenvalue weighted by Gasteiger charge is -2.32. The van der Waals surface area contributed by atoms with E-state index in [9.17, 15) is 5.11 Å². The topological polar surface area (TPSA) is 35.5 Å². The number of rotatable bonds is 11. The molecule has 0 bridgehead atoms. The molecule has 0 rings (SSSR count). The van der Waals surface area contributed by atoms with Crippen LogP contribution in [0.5, 0.6) is 0 Å². The lowest BCUT2D eigenvalue weighted by Crippen LogP contribution is -2.46. The van der Waals surface area contributed by atoms with Gasteiger partial charge in [0.1, 0.15) is 0 Å². The molecule has 19 heavy (non-hydrogen) atoms. The molecule has 1 atom stereocenters. The van der Waals surface area contributed by atoms with Crippen LogP contribution in [0, 0.1) is 11.8 Å². The normalized spacial score (nSPS) is 15.5. The fraction of sp³-hybridized carbons (Fsp3) is 1.00. The number of likely N-dealkylation sites (N-methyl/N-ethyl adjacent to an activating group) is 1. The molecule has 0 aromatic rings. The summed E-state index contributed by atoms with van der Waals surface area (Å²) in [4.78, 5) is 2.57. The third-order valence-corrected chi connectivity index (χ3v) is 3.89. The Balaban J connectivity index is 4.23. The summed E-state index contributed by atoms with van der Waals surface area (Å²) in [5, 5.41) is 12.9. The van der Waals surface area contributed by atoms with Crippen molar-refractivity contribution in [2.24, 2.45) is 11.8 Å². The zero-order valence-corrected chi connectivity index (χ0v) is 14.0. The number of nitrogens with zero attached hydrogens (tertiary/aromatic N) is 1. The van der Waals surface area contributed by atoms with Crippen LogP contribution < -0.4 is 5.32 Å². The van der Waals surface area contributed by atoms with Crippen molar-refractivity contribution in [3.05, 3.63) is 0 Å². The Hall–Kier alpha value is -0.120. The Bertz CT molecular complexity index is 195.